The molecular weight excluding hydrogens is 597 g/mol. The molecule has 3 heteroatoms. The van der Waals surface area contributed by atoms with Crippen LogP contribution in [0.4, 0.5) is 0 Å². The van der Waals surface area contributed by atoms with E-state index in [1.54, 1.807) is 0 Å². The van der Waals surface area contributed by atoms with E-state index in [-0.39, 0.29) is 17.3 Å². The predicted molar refractivity (Wildman–Crippen MR) is 205 cm³/mol. The molecule has 0 unspecified atom stereocenters. The van der Waals surface area contributed by atoms with Gasteiger partial charge in [0.2, 0.25) is 0 Å². The second-order valence-corrected chi connectivity index (χ2v) is 14.8. The number of aromatic nitrogens is 2. The Labute approximate surface area is 287 Å². The van der Waals surface area contributed by atoms with Crippen LogP contribution in [-0.4, -0.2) is 9.55 Å². The van der Waals surface area contributed by atoms with Gasteiger partial charge < -0.3 is 4.42 Å². The molecule has 3 nitrogen and oxygen atoms in total. The highest BCUT2D eigenvalue weighted by atomic mass is 16.3. The van der Waals surface area contributed by atoms with Crippen molar-refractivity contribution in [1.82, 2.24) is 9.55 Å². The van der Waals surface area contributed by atoms with E-state index in [0.29, 0.717) is 0 Å². The summed E-state index contributed by atoms with van der Waals surface area (Å²) in [6.45, 7) is 13.9. The molecule has 0 radical (unpaired) electrons. The van der Waals surface area contributed by atoms with E-state index >= 15 is 0 Å². The van der Waals surface area contributed by atoms with Crippen LogP contribution in [0.5, 0.6) is 0 Å². The van der Waals surface area contributed by atoms with Gasteiger partial charge in [-0.05, 0) is 92.7 Å². The molecule has 0 amide bonds. The Morgan fingerprint density at radius 1 is 0.633 bits per heavy atom. The van der Waals surface area contributed by atoms with Crippen LogP contribution in [-0.2, 0) is 5.41 Å². The predicted octanol–water partition coefficient (Wildman–Crippen LogP) is 12.8. The van der Waals surface area contributed by atoms with Gasteiger partial charge in [-0.15, -0.1) is 0 Å². The molecular formula is C46H40N2O. The highest BCUT2D eigenvalue weighted by Crippen LogP contribution is 2.53. The number of nitrogens with zero attached hydrogens (tertiary/aromatic N) is 2. The molecule has 9 rings (SSSR count). The maximum Gasteiger partial charge on any atom is 0.149 e. The first-order valence-electron chi connectivity index (χ1n) is 17.5. The minimum atomic E-state index is -0.0816. The lowest BCUT2D eigenvalue weighted by Crippen LogP contribution is -2.14. The summed E-state index contributed by atoms with van der Waals surface area (Å²) in [6, 6.07) is 43.9. The van der Waals surface area contributed by atoms with Crippen molar-refractivity contribution in [3.05, 3.63) is 144 Å². The van der Waals surface area contributed by atoms with Crippen molar-refractivity contribution in [1.29, 1.82) is 0 Å². The molecule has 8 aromatic rings. The number of imidazole rings is 1. The molecule has 0 saturated carbocycles. The molecule has 0 N–H and O–H groups in total. The van der Waals surface area contributed by atoms with Gasteiger partial charge in [0.15, 0.2) is 0 Å². The van der Waals surface area contributed by atoms with Gasteiger partial charge >= 0.3 is 0 Å². The zero-order valence-corrected chi connectivity index (χ0v) is 29.0. The van der Waals surface area contributed by atoms with Crippen LogP contribution in [0.2, 0.25) is 0 Å². The van der Waals surface area contributed by atoms with Crippen molar-refractivity contribution < 1.29 is 4.42 Å². The second-order valence-electron chi connectivity index (χ2n) is 14.8. The fourth-order valence-electron chi connectivity index (χ4n) is 8.31. The Morgan fingerprint density at radius 3 is 2.06 bits per heavy atom. The molecule has 0 bridgehead atoms. The summed E-state index contributed by atoms with van der Waals surface area (Å²) in [7, 11) is 0. The molecule has 2 aromatic heterocycles. The van der Waals surface area contributed by atoms with E-state index in [1.165, 1.54) is 55.6 Å². The molecule has 0 fully saturated rings. The highest BCUT2D eigenvalue weighted by Gasteiger charge is 2.37. The first-order chi connectivity index (χ1) is 23.7. The number of fused-ring (bicyclic) bond motifs is 8. The van der Waals surface area contributed by atoms with Crippen LogP contribution in [0, 0.1) is 0 Å². The largest absolute Gasteiger partial charge is 0.455 e. The fraction of sp³-hybridized carbons (Fsp3) is 0.196. The molecule has 0 saturated heterocycles. The van der Waals surface area contributed by atoms with Gasteiger partial charge in [-0.2, -0.15) is 0 Å². The summed E-state index contributed by atoms with van der Waals surface area (Å²) >= 11 is 0. The van der Waals surface area contributed by atoms with E-state index in [0.717, 1.165) is 39.0 Å². The van der Waals surface area contributed by atoms with Gasteiger partial charge in [-0.3, -0.25) is 4.57 Å². The summed E-state index contributed by atoms with van der Waals surface area (Å²) in [5.41, 5.74) is 16.4. The summed E-state index contributed by atoms with van der Waals surface area (Å²) in [5.74, 6) is 1.48. The molecule has 1 aliphatic rings. The number of benzene rings is 6. The van der Waals surface area contributed by atoms with Crippen molar-refractivity contribution >= 4 is 33.0 Å². The zero-order valence-electron chi connectivity index (χ0n) is 29.0. The van der Waals surface area contributed by atoms with Crippen LogP contribution in [0.3, 0.4) is 0 Å². The van der Waals surface area contributed by atoms with Crippen LogP contribution < -0.4 is 0 Å². The Balaban J connectivity index is 1.36. The van der Waals surface area contributed by atoms with E-state index in [9.17, 15) is 0 Å². The molecule has 0 atom stereocenters. The molecule has 49 heavy (non-hydrogen) atoms. The summed E-state index contributed by atoms with van der Waals surface area (Å²) in [5, 5.41) is 2.32. The molecule has 2 heterocycles. The normalized spacial score (nSPS) is 13.6. The zero-order chi connectivity index (χ0) is 33.6. The van der Waals surface area contributed by atoms with Gasteiger partial charge in [0.1, 0.15) is 17.0 Å². The lowest BCUT2D eigenvalue weighted by atomic mass is 9.82. The van der Waals surface area contributed by atoms with Crippen molar-refractivity contribution in [3.63, 3.8) is 0 Å². The van der Waals surface area contributed by atoms with E-state index < -0.39 is 0 Å². The summed E-state index contributed by atoms with van der Waals surface area (Å²) < 4.78 is 9.33. The number of furan rings is 1. The fourth-order valence-corrected chi connectivity index (χ4v) is 8.31. The summed E-state index contributed by atoms with van der Waals surface area (Å²) in [4.78, 5) is 5.40. The van der Waals surface area contributed by atoms with E-state index in [1.807, 2.05) is 0 Å². The lowest BCUT2D eigenvalue weighted by Gasteiger charge is -2.24. The van der Waals surface area contributed by atoms with Crippen LogP contribution >= 0.6 is 0 Å². The van der Waals surface area contributed by atoms with Crippen molar-refractivity contribution in [2.45, 2.75) is 58.8 Å². The maximum absolute atomic E-state index is 6.91. The highest BCUT2D eigenvalue weighted by molar-refractivity contribution is 6.17. The van der Waals surface area contributed by atoms with Gasteiger partial charge in [-0.25, -0.2) is 4.98 Å². The Hall–Kier alpha value is -5.41. The Bertz CT molecular complexity index is 2550. The van der Waals surface area contributed by atoms with Gasteiger partial charge in [0.05, 0.1) is 22.3 Å². The SMILES string of the molecule is CC(C)c1cc(-c2ccccc2)cc(C(C)C)c1-n1c(-c2cccc3c2oc2ccc4c(c23)-c2ccccc2C4(C)C)nc2ccccc21. The Morgan fingerprint density at radius 2 is 1.31 bits per heavy atom. The van der Waals surface area contributed by atoms with Gasteiger partial charge in [0, 0.05) is 16.2 Å². The third kappa shape index (κ3) is 4.31. The number of hydrogen-bond acceptors (Lipinski definition) is 2. The quantitative estimate of drug-likeness (QED) is 0.188. The van der Waals surface area contributed by atoms with Crippen molar-refractivity contribution in [2.24, 2.45) is 0 Å². The third-order valence-corrected chi connectivity index (χ3v) is 10.8. The number of rotatable bonds is 5. The number of hydrogen-bond donors (Lipinski definition) is 0. The second kappa shape index (κ2) is 10.8. The van der Waals surface area contributed by atoms with Crippen LogP contribution in [0.1, 0.15) is 75.6 Å². The molecule has 240 valence electrons. The lowest BCUT2D eigenvalue weighted by molar-refractivity contribution is 0.657. The molecule has 6 aromatic carbocycles. The average Bonchev–Trinajstić information content (AvgIpc) is 3.76. The first-order valence-corrected chi connectivity index (χ1v) is 17.5. The van der Waals surface area contributed by atoms with E-state index in [4.69, 9.17) is 9.40 Å². The maximum atomic E-state index is 6.91. The van der Waals surface area contributed by atoms with Crippen molar-refractivity contribution in [2.75, 3.05) is 0 Å². The average molecular weight is 637 g/mol. The minimum absolute atomic E-state index is 0.0816. The van der Waals surface area contributed by atoms with Crippen molar-refractivity contribution in [3.8, 4) is 39.3 Å². The topological polar surface area (TPSA) is 31.0 Å². The summed E-state index contributed by atoms with van der Waals surface area (Å²) in [6.07, 6.45) is 0. The monoisotopic (exact) mass is 636 g/mol. The van der Waals surface area contributed by atoms with Gasteiger partial charge in [-0.1, -0.05) is 126 Å². The van der Waals surface area contributed by atoms with Gasteiger partial charge in [0.25, 0.3) is 0 Å². The minimum Gasteiger partial charge on any atom is -0.455 e. The first kappa shape index (κ1) is 29.7. The smallest absolute Gasteiger partial charge is 0.149 e. The number of para-hydroxylation sites is 3. The van der Waals surface area contributed by atoms with E-state index in [2.05, 4.69) is 167 Å². The standard InChI is InChI=1S/C46H40N2O/c1-27(2)34-25-30(29-15-8-7-9-16-29)26-35(28(3)4)43(34)48-39-22-13-12-21-38(39)47-45(48)33-19-14-18-32-42-40(49-44(32)33)24-23-37-41(42)31-17-10-11-20-36(31)46(37,5)6/h7-28H,1-6H3. The Kier molecular flexibility index (Phi) is 6.55. The molecule has 1 aliphatic carbocycles. The van der Waals surface area contributed by atoms with Crippen LogP contribution in [0.25, 0.3) is 72.3 Å². The third-order valence-electron chi connectivity index (χ3n) is 10.8. The van der Waals surface area contributed by atoms with Crippen LogP contribution in [0.15, 0.2) is 126 Å². The molecule has 0 spiro atoms. The molecule has 0 aliphatic heterocycles.